The molecule has 1 amide bonds. The Morgan fingerprint density at radius 1 is 1.50 bits per heavy atom. The zero-order chi connectivity index (χ0) is 13.4. The summed E-state index contributed by atoms with van der Waals surface area (Å²) in [5.41, 5.74) is 1.06. The third-order valence-electron chi connectivity index (χ3n) is 2.69. The van der Waals surface area contributed by atoms with E-state index in [-0.39, 0.29) is 5.91 Å². The highest BCUT2D eigenvalue weighted by Crippen LogP contribution is 2.03. The van der Waals surface area contributed by atoms with Crippen LogP contribution in [0.5, 0.6) is 0 Å². The Hall–Kier alpha value is -1.42. The average Bonchev–Trinajstić information content (AvgIpc) is 2.35. The van der Waals surface area contributed by atoms with Crippen LogP contribution in [0.2, 0.25) is 0 Å². The second-order valence-corrected chi connectivity index (χ2v) is 4.82. The quantitative estimate of drug-likeness (QED) is 0.750. The average molecular weight is 249 g/mol. The van der Waals surface area contributed by atoms with Gasteiger partial charge in [-0.2, -0.15) is 0 Å². The number of amides is 1. The number of pyridine rings is 1. The molecule has 0 unspecified atom stereocenters. The van der Waals surface area contributed by atoms with Gasteiger partial charge in [-0.1, -0.05) is 19.9 Å². The van der Waals surface area contributed by atoms with E-state index in [1.165, 1.54) is 0 Å². The van der Waals surface area contributed by atoms with Gasteiger partial charge in [0, 0.05) is 38.4 Å². The molecule has 0 spiro atoms. The SMILES string of the molecule is CC(C)NCCCC(=O)N(C)Cc1cccnc1. The van der Waals surface area contributed by atoms with Crippen molar-refractivity contribution in [2.24, 2.45) is 0 Å². The second-order valence-electron chi connectivity index (χ2n) is 4.82. The van der Waals surface area contributed by atoms with Crippen molar-refractivity contribution in [1.82, 2.24) is 15.2 Å². The summed E-state index contributed by atoms with van der Waals surface area (Å²) in [6, 6.07) is 4.35. The first-order valence-electron chi connectivity index (χ1n) is 6.46. The number of nitrogens with zero attached hydrogens (tertiary/aromatic N) is 2. The van der Waals surface area contributed by atoms with Crippen LogP contribution in [-0.4, -0.2) is 35.4 Å². The van der Waals surface area contributed by atoms with Crippen molar-refractivity contribution < 1.29 is 4.79 Å². The molecule has 0 radical (unpaired) electrons. The molecule has 0 saturated carbocycles. The zero-order valence-corrected chi connectivity index (χ0v) is 11.5. The second kappa shape index (κ2) is 7.82. The van der Waals surface area contributed by atoms with E-state index in [1.807, 2.05) is 19.2 Å². The van der Waals surface area contributed by atoms with E-state index in [9.17, 15) is 4.79 Å². The lowest BCUT2D eigenvalue weighted by molar-refractivity contribution is -0.130. The molecular formula is C14H23N3O. The lowest BCUT2D eigenvalue weighted by Crippen LogP contribution is -2.28. The molecule has 0 atom stereocenters. The maximum Gasteiger partial charge on any atom is 0.222 e. The predicted molar refractivity (Wildman–Crippen MR) is 73.1 cm³/mol. The van der Waals surface area contributed by atoms with Crippen LogP contribution in [0, 0.1) is 0 Å². The van der Waals surface area contributed by atoms with E-state index in [1.54, 1.807) is 17.3 Å². The molecule has 4 nitrogen and oxygen atoms in total. The molecule has 1 heterocycles. The fourth-order valence-corrected chi connectivity index (χ4v) is 1.67. The van der Waals surface area contributed by atoms with Crippen LogP contribution in [-0.2, 0) is 11.3 Å². The Bertz CT molecular complexity index is 351. The summed E-state index contributed by atoms with van der Waals surface area (Å²) >= 11 is 0. The molecule has 0 bridgehead atoms. The van der Waals surface area contributed by atoms with Gasteiger partial charge in [-0.25, -0.2) is 0 Å². The molecule has 1 aromatic heterocycles. The largest absolute Gasteiger partial charge is 0.341 e. The molecule has 1 N–H and O–H groups in total. The highest BCUT2D eigenvalue weighted by Gasteiger charge is 2.08. The van der Waals surface area contributed by atoms with Crippen molar-refractivity contribution >= 4 is 5.91 Å². The Labute approximate surface area is 109 Å². The maximum atomic E-state index is 11.9. The summed E-state index contributed by atoms with van der Waals surface area (Å²) < 4.78 is 0. The van der Waals surface area contributed by atoms with Gasteiger partial charge in [0.1, 0.15) is 0 Å². The van der Waals surface area contributed by atoms with Crippen molar-refractivity contribution in [3.8, 4) is 0 Å². The number of aromatic nitrogens is 1. The highest BCUT2D eigenvalue weighted by atomic mass is 16.2. The van der Waals surface area contributed by atoms with E-state index in [2.05, 4.69) is 24.1 Å². The monoisotopic (exact) mass is 249 g/mol. The van der Waals surface area contributed by atoms with Gasteiger partial charge in [0.05, 0.1) is 0 Å². The number of nitrogens with one attached hydrogen (secondary N) is 1. The summed E-state index contributed by atoms with van der Waals surface area (Å²) in [6.07, 6.45) is 5.01. The van der Waals surface area contributed by atoms with Crippen molar-refractivity contribution in [3.05, 3.63) is 30.1 Å². The van der Waals surface area contributed by atoms with Gasteiger partial charge < -0.3 is 10.2 Å². The summed E-state index contributed by atoms with van der Waals surface area (Å²) in [5.74, 6) is 0.185. The number of hydrogen-bond donors (Lipinski definition) is 1. The van der Waals surface area contributed by atoms with Gasteiger partial charge >= 0.3 is 0 Å². The van der Waals surface area contributed by atoms with Gasteiger partial charge in [-0.05, 0) is 24.6 Å². The lowest BCUT2D eigenvalue weighted by Gasteiger charge is -2.17. The van der Waals surface area contributed by atoms with Crippen molar-refractivity contribution in [2.75, 3.05) is 13.6 Å². The predicted octanol–water partition coefficient (Wildman–Crippen LogP) is 1.82. The van der Waals surface area contributed by atoms with E-state index < -0.39 is 0 Å². The Kier molecular flexibility index (Phi) is 6.36. The standard InChI is InChI=1S/C14H23N3O/c1-12(2)16-9-5-7-14(18)17(3)11-13-6-4-8-15-10-13/h4,6,8,10,12,16H,5,7,9,11H2,1-3H3. The molecule has 0 saturated heterocycles. The first-order chi connectivity index (χ1) is 8.59. The molecule has 0 fully saturated rings. The van der Waals surface area contributed by atoms with Crippen LogP contribution in [0.1, 0.15) is 32.3 Å². The van der Waals surface area contributed by atoms with Crippen molar-refractivity contribution in [2.45, 2.75) is 39.3 Å². The fourth-order valence-electron chi connectivity index (χ4n) is 1.67. The number of carbonyl (C=O) groups excluding carboxylic acids is 1. The van der Waals surface area contributed by atoms with E-state index in [4.69, 9.17) is 0 Å². The molecular weight excluding hydrogens is 226 g/mol. The molecule has 18 heavy (non-hydrogen) atoms. The van der Waals surface area contributed by atoms with E-state index in [0.717, 1.165) is 18.5 Å². The number of hydrogen-bond acceptors (Lipinski definition) is 3. The van der Waals surface area contributed by atoms with Gasteiger partial charge in [-0.3, -0.25) is 9.78 Å². The van der Waals surface area contributed by atoms with E-state index in [0.29, 0.717) is 19.0 Å². The molecule has 100 valence electrons. The zero-order valence-electron chi connectivity index (χ0n) is 11.5. The first-order valence-corrected chi connectivity index (χ1v) is 6.46. The Morgan fingerprint density at radius 3 is 2.89 bits per heavy atom. The van der Waals surface area contributed by atoms with Crippen LogP contribution in [0.3, 0.4) is 0 Å². The molecule has 0 aliphatic carbocycles. The van der Waals surface area contributed by atoms with Crippen LogP contribution in [0.4, 0.5) is 0 Å². The van der Waals surface area contributed by atoms with Crippen molar-refractivity contribution in [3.63, 3.8) is 0 Å². The minimum atomic E-state index is 0.185. The van der Waals surface area contributed by atoms with Crippen LogP contribution >= 0.6 is 0 Å². The van der Waals surface area contributed by atoms with Gasteiger partial charge in [-0.15, -0.1) is 0 Å². The molecule has 1 rings (SSSR count). The summed E-state index contributed by atoms with van der Waals surface area (Å²) in [6.45, 7) is 5.74. The molecule has 0 aliphatic rings. The Balaban J connectivity index is 2.25. The fraction of sp³-hybridized carbons (Fsp3) is 0.571. The summed E-state index contributed by atoms with van der Waals surface area (Å²) in [4.78, 5) is 17.7. The maximum absolute atomic E-state index is 11.9. The Morgan fingerprint density at radius 2 is 2.28 bits per heavy atom. The van der Waals surface area contributed by atoms with Crippen LogP contribution < -0.4 is 5.32 Å². The first kappa shape index (κ1) is 14.6. The third kappa shape index (κ3) is 5.77. The third-order valence-corrected chi connectivity index (χ3v) is 2.69. The number of carbonyl (C=O) groups is 1. The van der Waals surface area contributed by atoms with Gasteiger partial charge in [0.2, 0.25) is 5.91 Å². The van der Waals surface area contributed by atoms with Crippen molar-refractivity contribution in [1.29, 1.82) is 0 Å². The lowest BCUT2D eigenvalue weighted by atomic mass is 10.2. The highest BCUT2D eigenvalue weighted by molar-refractivity contribution is 5.75. The van der Waals surface area contributed by atoms with Crippen LogP contribution in [0.15, 0.2) is 24.5 Å². The van der Waals surface area contributed by atoms with Gasteiger partial charge in [0.15, 0.2) is 0 Å². The number of rotatable bonds is 7. The minimum Gasteiger partial charge on any atom is -0.341 e. The minimum absolute atomic E-state index is 0.185. The van der Waals surface area contributed by atoms with E-state index >= 15 is 0 Å². The molecule has 0 aliphatic heterocycles. The summed E-state index contributed by atoms with van der Waals surface area (Å²) in [7, 11) is 1.84. The summed E-state index contributed by atoms with van der Waals surface area (Å²) in [5, 5.41) is 3.31. The molecule has 4 heteroatoms. The molecule has 1 aromatic rings. The van der Waals surface area contributed by atoms with Crippen LogP contribution in [0.25, 0.3) is 0 Å². The van der Waals surface area contributed by atoms with Gasteiger partial charge in [0.25, 0.3) is 0 Å². The normalized spacial score (nSPS) is 10.7. The molecule has 0 aromatic carbocycles. The topological polar surface area (TPSA) is 45.2 Å². The smallest absolute Gasteiger partial charge is 0.222 e.